The molecule has 2 rings (SSSR count). The van der Waals surface area contributed by atoms with Gasteiger partial charge in [-0.3, -0.25) is 4.79 Å². The van der Waals surface area contributed by atoms with Gasteiger partial charge >= 0.3 is 0 Å². The highest BCUT2D eigenvalue weighted by molar-refractivity contribution is 9.10. The number of carbonyl (C=O) groups is 1. The van der Waals surface area contributed by atoms with Crippen LogP contribution in [-0.4, -0.2) is 11.0 Å². The van der Waals surface area contributed by atoms with E-state index in [9.17, 15) is 9.90 Å². The average molecular weight is 228 g/mol. The molecule has 2 N–H and O–H groups in total. The van der Waals surface area contributed by atoms with Crippen molar-refractivity contribution < 1.29 is 9.90 Å². The zero-order valence-corrected chi connectivity index (χ0v) is 7.63. The predicted molar refractivity (Wildman–Crippen MR) is 47.7 cm³/mol. The molecule has 1 aliphatic heterocycles. The highest BCUT2D eigenvalue weighted by Crippen LogP contribution is 2.32. The summed E-state index contributed by atoms with van der Waals surface area (Å²) in [5.41, 5.74) is 1.32. The van der Waals surface area contributed by atoms with Crippen molar-refractivity contribution in [3.05, 3.63) is 28.2 Å². The van der Waals surface area contributed by atoms with Gasteiger partial charge in [-0.15, -0.1) is 0 Å². The lowest BCUT2D eigenvalue weighted by Crippen LogP contribution is -2.10. The van der Waals surface area contributed by atoms with E-state index in [1.807, 2.05) is 6.07 Å². The molecular formula is C8H6BrNO2. The van der Waals surface area contributed by atoms with E-state index >= 15 is 0 Å². The molecule has 1 unspecified atom stereocenters. The summed E-state index contributed by atoms with van der Waals surface area (Å²) in [6, 6.07) is 5.31. The highest BCUT2D eigenvalue weighted by Gasteiger charge is 2.27. The van der Waals surface area contributed by atoms with Crippen LogP contribution in [0.5, 0.6) is 0 Å². The molecule has 4 heteroatoms. The Labute approximate surface area is 77.5 Å². The van der Waals surface area contributed by atoms with Crippen LogP contribution in [0.4, 0.5) is 5.69 Å². The Hall–Kier alpha value is -0.870. The Bertz CT molecular complexity index is 351. The Morgan fingerprint density at radius 1 is 1.50 bits per heavy atom. The predicted octanol–water partition coefficient (Wildman–Crippen LogP) is 1.43. The number of aliphatic hydroxyl groups is 1. The van der Waals surface area contributed by atoms with Crippen molar-refractivity contribution in [3.63, 3.8) is 0 Å². The second-order valence-electron chi connectivity index (χ2n) is 2.62. The molecular weight excluding hydrogens is 222 g/mol. The lowest BCUT2D eigenvalue weighted by Gasteiger charge is -1.99. The molecule has 3 nitrogen and oxygen atoms in total. The smallest absolute Gasteiger partial charge is 0.257 e. The first-order chi connectivity index (χ1) is 5.68. The van der Waals surface area contributed by atoms with Gasteiger partial charge in [-0.05, 0) is 18.2 Å². The number of hydrogen-bond acceptors (Lipinski definition) is 2. The number of benzene rings is 1. The second kappa shape index (κ2) is 2.57. The first-order valence-corrected chi connectivity index (χ1v) is 4.26. The van der Waals surface area contributed by atoms with E-state index in [0.29, 0.717) is 11.3 Å². The Morgan fingerprint density at radius 2 is 2.25 bits per heavy atom. The van der Waals surface area contributed by atoms with Crippen molar-refractivity contribution in [1.82, 2.24) is 0 Å². The van der Waals surface area contributed by atoms with Crippen LogP contribution < -0.4 is 5.32 Å². The van der Waals surface area contributed by atoms with Gasteiger partial charge in [0.05, 0.1) is 0 Å². The van der Waals surface area contributed by atoms with E-state index in [0.717, 1.165) is 4.47 Å². The standard InChI is InChI=1S/C8H6BrNO2/c9-4-1-2-6-5(3-4)7(11)8(12)10-6/h1-3,7,11H,(H,10,12). The number of fused-ring (bicyclic) bond motifs is 1. The summed E-state index contributed by atoms with van der Waals surface area (Å²) in [6.45, 7) is 0. The summed E-state index contributed by atoms with van der Waals surface area (Å²) in [6.07, 6.45) is -1.02. The number of hydrogen-bond donors (Lipinski definition) is 2. The van der Waals surface area contributed by atoms with Gasteiger partial charge in [-0.25, -0.2) is 0 Å². The van der Waals surface area contributed by atoms with Crippen LogP contribution in [0.25, 0.3) is 0 Å². The van der Waals surface area contributed by atoms with Gasteiger partial charge in [0.2, 0.25) is 0 Å². The largest absolute Gasteiger partial charge is 0.378 e. The fraction of sp³-hybridized carbons (Fsp3) is 0.125. The minimum atomic E-state index is -1.02. The fourth-order valence-corrected chi connectivity index (χ4v) is 1.59. The lowest BCUT2D eigenvalue weighted by atomic mass is 10.1. The number of aliphatic hydroxyl groups excluding tert-OH is 1. The van der Waals surface area contributed by atoms with Gasteiger partial charge in [0, 0.05) is 15.7 Å². The molecule has 12 heavy (non-hydrogen) atoms. The number of carbonyl (C=O) groups excluding carboxylic acids is 1. The monoisotopic (exact) mass is 227 g/mol. The molecule has 1 atom stereocenters. The van der Waals surface area contributed by atoms with E-state index < -0.39 is 6.10 Å². The summed E-state index contributed by atoms with van der Waals surface area (Å²) in [4.78, 5) is 11.0. The van der Waals surface area contributed by atoms with Crippen LogP contribution in [0, 0.1) is 0 Å². The molecule has 0 saturated heterocycles. The summed E-state index contributed by atoms with van der Waals surface area (Å²) < 4.78 is 0.858. The number of anilines is 1. The Morgan fingerprint density at radius 3 is 3.00 bits per heavy atom. The Kier molecular flexibility index (Phi) is 1.66. The topological polar surface area (TPSA) is 49.3 Å². The van der Waals surface area contributed by atoms with Crippen molar-refractivity contribution in [2.45, 2.75) is 6.10 Å². The summed E-state index contributed by atoms with van der Waals surface area (Å²) in [5.74, 6) is -0.358. The van der Waals surface area contributed by atoms with Crippen LogP contribution in [0.1, 0.15) is 11.7 Å². The van der Waals surface area contributed by atoms with Crippen LogP contribution in [0.2, 0.25) is 0 Å². The molecule has 0 spiro atoms. The molecule has 0 aromatic heterocycles. The molecule has 1 heterocycles. The van der Waals surface area contributed by atoms with Gasteiger partial charge in [0.15, 0.2) is 6.10 Å². The van der Waals surface area contributed by atoms with Gasteiger partial charge < -0.3 is 10.4 Å². The van der Waals surface area contributed by atoms with E-state index in [1.165, 1.54) is 0 Å². The third-order valence-electron chi connectivity index (χ3n) is 1.81. The molecule has 0 aliphatic carbocycles. The highest BCUT2D eigenvalue weighted by atomic mass is 79.9. The minimum Gasteiger partial charge on any atom is -0.378 e. The van der Waals surface area contributed by atoms with Crippen molar-refractivity contribution in [3.8, 4) is 0 Å². The molecule has 1 aromatic carbocycles. The SMILES string of the molecule is O=C1Nc2ccc(Br)cc2C1O. The molecule has 0 fully saturated rings. The zero-order chi connectivity index (χ0) is 8.72. The van der Waals surface area contributed by atoms with Crippen molar-refractivity contribution in [2.75, 3.05) is 5.32 Å². The molecule has 0 bridgehead atoms. The summed E-state index contributed by atoms with van der Waals surface area (Å²) in [7, 11) is 0. The number of halogens is 1. The summed E-state index contributed by atoms with van der Waals surface area (Å²) >= 11 is 3.26. The van der Waals surface area contributed by atoms with Gasteiger partial charge in [-0.1, -0.05) is 15.9 Å². The van der Waals surface area contributed by atoms with Gasteiger partial charge in [0.25, 0.3) is 5.91 Å². The molecule has 1 aromatic rings. The first kappa shape index (κ1) is 7.76. The van der Waals surface area contributed by atoms with Gasteiger partial charge in [-0.2, -0.15) is 0 Å². The minimum absolute atomic E-state index is 0.358. The normalized spacial score (nSPS) is 20.5. The quantitative estimate of drug-likeness (QED) is 0.705. The number of rotatable bonds is 0. The van der Waals surface area contributed by atoms with Crippen molar-refractivity contribution >= 4 is 27.5 Å². The Balaban J connectivity index is 2.55. The number of nitrogens with one attached hydrogen (secondary N) is 1. The number of amides is 1. The van der Waals surface area contributed by atoms with E-state index in [-0.39, 0.29) is 5.91 Å². The third kappa shape index (κ3) is 1.04. The molecule has 1 aliphatic rings. The van der Waals surface area contributed by atoms with Crippen LogP contribution in [0.3, 0.4) is 0 Å². The fourth-order valence-electron chi connectivity index (χ4n) is 1.22. The van der Waals surface area contributed by atoms with E-state index in [2.05, 4.69) is 21.2 Å². The van der Waals surface area contributed by atoms with E-state index in [4.69, 9.17) is 0 Å². The van der Waals surface area contributed by atoms with Gasteiger partial charge in [0.1, 0.15) is 0 Å². The third-order valence-corrected chi connectivity index (χ3v) is 2.31. The maximum Gasteiger partial charge on any atom is 0.257 e. The maximum atomic E-state index is 11.0. The zero-order valence-electron chi connectivity index (χ0n) is 6.04. The maximum absolute atomic E-state index is 11.0. The van der Waals surface area contributed by atoms with Crippen LogP contribution in [-0.2, 0) is 4.79 Å². The van der Waals surface area contributed by atoms with Crippen LogP contribution in [0.15, 0.2) is 22.7 Å². The second-order valence-corrected chi connectivity index (χ2v) is 3.54. The van der Waals surface area contributed by atoms with Crippen molar-refractivity contribution in [1.29, 1.82) is 0 Å². The molecule has 0 saturated carbocycles. The molecule has 1 amide bonds. The summed E-state index contributed by atoms with van der Waals surface area (Å²) in [5, 5.41) is 11.9. The average Bonchev–Trinajstić information content (AvgIpc) is 2.31. The molecule has 62 valence electrons. The van der Waals surface area contributed by atoms with E-state index in [1.54, 1.807) is 12.1 Å². The lowest BCUT2D eigenvalue weighted by molar-refractivity contribution is -0.123. The first-order valence-electron chi connectivity index (χ1n) is 3.47. The molecule has 0 radical (unpaired) electrons. The van der Waals surface area contributed by atoms with Crippen LogP contribution >= 0.6 is 15.9 Å². The van der Waals surface area contributed by atoms with Crippen molar-refractivity contribution in [2.24, 2.45) is 0 Å².